The van der Waals surface area contributed by atoms with E-state index in [2.05, 4.69) is 6.58 Å². The van der Waals surface area contributed by atoms with E-state index in [1.807, 2.05) is 17.0 Å². The average molecular weight is 275 g/mol. The number of Topliss-reactive ketones (excluding diaryl/α,β-unsaturated/α-hetero) is 1. The minimum Gasteiger partial charge on any atom is -0.311 e. The largest absolute Gasteiger partial charge is 0.311 e. The number of carbonyl (C=O) groups is 2. The number of benzene rings is 1. The number of amides is 1. The van der Waals surface area contributed by atoms with Gasteiger partial charge >= 0.3 is 0 Å². The molecule has 19 heavy (non-hydrogen) atoms. The Morgan fingerprint density at radius 2 is 2.26 bits per heavy atom. The van der Waals surface area contributed by atoms with Crippen molar-refractivity contribution < 1.29 is 9.59 Å². The SMILES string of the molecule is C=CCSCC(=O)N1CCc2cc(C(C)=O)ccc21. The van der Waals surface area contributed by atoms with Crippen LogP contribution in [0.25, 0.3) is 0 Å². The molecule has 3 nitrogen and oxygen atoms in total. The van der Waals surface area contributed by atoms with Crippen LogP contribution in [0.4, 0.5) is 5.69 Å². The predicted octanol–water partition coefficient (Wildman–Crippen LogP) is 2.70. The van der Waals surface area contributed by atoms with Crippen molar-refractivity contribution >= 4 is 29.1 Å². The van der Waals surface area contributed by atoms with Gasteiger partial charge in [-0.05, 0) is 37.1 Å². The third kappa shape index (κ3) is 3.07. The van der Waals surface area contributed by atoms with Gasteiger partial charge in [0.2, 0.25) is 5.91 Å². The molecule has 1 aliphatic rings. The monoisotopic (exact) mass is 275 g/mol. The maximum atomic E-state index is 12.1. The number of anilines is 1. The quantitative estimate of drug-likeness (QED) is 0.471. The fraction of sp³-hybridized carbons (Fsp3) is 0.333. The van der Waals surface area contributed by atoms with E-state index in [1.165, 1.54) is 0 Å². The third-order valence-corrected chi connectivity index (χ3v) is 4.07. The molecule has 0 N–H and O–H groups in total. The van der Waals surface area contributed by atoms with Crippen LogP contribution >= 0.6 is 11.8 Å². The summed E-state index contributed by atoms with van der Waals surface area (Å²) in [5, 5.41) is 0. The zero-order chi connectivity index (χ0) is 13.8. The molecule has 0 radical (unpaired) electrons. The van der Waals surface area contributed by atoms with Gasteiger partial charge in [-0.2, -0.15) is 0 Å². The van der Waals surface area contributed by atoms with E-state index in [9.17, 15) is 9.59 Å². The van der Waals surface area contributed by atoms with E-state index in [4.69, 9.17) is 0 Å². The Labute approximate surface area is 117 Å². The molecule has 0 atom stereocenters. The number of nitrogens with zero attached hydrogens (tertiary/aromatic N) is 1. The van der Waals surface area contributed by atoms with Crippen molar-refractivity contribution in [3.05, 3.63) is 42.0 Å². The summed E-state index contributed by atoms with van der Waals surface area (Å²) in [6, 6.07) is 5.58. The molecular weight excluding hydrogens is 258 g/mol. The van der Waals surface area contributed by atoms with Gasteiger partial charge in [-0.25, -0.2) is 0 Å². The summed E-state index contributed by atoms with van der Waals surface area (Å²) in [4.78, 5) is 25.3. The van der Waals surface area contributed by atoms with Gasteiger partial charge in [0.05, 0.1) is 5.75 Å². The first-order valence-corrected chi connectivity index (χ1v) is 7.42. The van der Waals surface area contributed by atoms with Crippen LogP contribution in [0.3, 0.4) is 0 Å². The molecule has 4 heteroatoms. The molecule has 0 bridgehead atoms. The summed E-state index contributed by atoms with van der Waals surface area (Å²) < 4.78 is 0. The van der Waals surface area contributed by atoms with Crippen LogP contribution in [0.15, 0.2) is 30.9 Å². The first-order valence-electron chi connectivity index (χ1n) is 6.26. The van der Waals surface area contributed by atoms with Crippen molar-refractivity contribution in [1.82, 2.24) is 0 Å². The second-order valence-corrected chi connectivity index (χ2v) is 5.53. The highest BCUT2D eigenvalue weighted by atomic mass is 32.2. The van der Waals surface area contributed by atoms with E-state index in [0.717, 1.165) is 23.4 Å². The van der Waals surface area contributed by atoms with Gasteiger partial charge in [0, 0.05) is 23.5 Å². The number of thioether (sulfide) groups is 1. The number of carbonyl (C=O) groups excluding carboxylic acids is 2. The lowest BCUT2D eigenvalue weighted by molar-refractivity contribution is -0.116. The zero-order valence-electron chi connectivity index (χ0n) is 11.0. The first-order chi connectivity index (χ1) is 9.13. The van der Waals surface area contributed by atoms with Crippen LogP contribution in [0.2, 0.25) is 0 Å². The van der Waals surface area contributed by atoms with Crippen molar-refractivity contribution in [1.29, 1.82) is 0 Å². The molecule has 0 spiro atoms. The summed E-state index contributed by atoms with van der Waals surface area (Å²) in [7, 11) is 0. The van der Waals surface area contributed by atoms with E-state index in [-0.39, 0.29) is 11.7 Å². The fourth-order valence-electron chi connectivity index (χ4n) is 2.19. The van der Waals surface area contributed by atoms with Crippen molar-refractivity contribution in [2.75, 3.05) is 23.0 Å². The highest BCUT2D eigenvalue weighted by Crippen LogP contribution is 2.29. The second kappa shape index (κ2) is 6.06. The molecule has 0 saturated carbocycles. The highest BCUT2D eigenvalue weighted by Gasteiger charge is 2.24. The maximum absolute atomic E-state index is 12.1. The van der Waals surface area contributed by atoms with Crippen molar-refractivity contribution in [2.45, 2.75) is 13.3 Å². The van der Waals surface area contributed by atoms with E-state index < -0.39 is 0 Å². The lowest BCUT2D eigenvalue weighted by Gasteiger charge is -2.17. The molecule has 1 aliphatic heterocycles. The van der Waals surface area contributed by atoms with E-state index in [1.54, 1.807) is 30.8 Å². The molecule has 1 amide bonds. The van der Waals surface area contributed by atoms with Gasteiger partial charge < -0.3 is 4.90 Å². The Bertz CT molecular complexity index is 525. The van der Waals surface area contributed by atoms with Gasteiger partial charge in [-0.3, -0.25) is 9.59 Å². The summed E-state index contributed by atoms with van der Waals surface area (Å²) in [6.07, 6.45) is 2.63. The lowest BCUT2D eigenvalue weighted by Crippen LogP contribution is -2.30. The molecule has 100 valence electrons. The van der Waals surface area contributed by atoms with Crippen LogP contribution in [0.1, 0.15) is 22.8 Å². The van der Waals surface area contributed by atoms with Gasteiger partial charge in [-0.15, -0.1) is 18.3 Å². The average Bonchev–Trinajstić information content (AvgIpc) is 2.81. The molecule has 1 aromatic carbocycles. The van der Waals surface area contributed by atoms with Crippen molar-refractivity contribution in [2.24, 2.45) is 0 Å². The molecule has 0 unspecified atom stereocenters. The number of ketones is 1. The molecule has 1 aromatic rings. The molecule has 1 heterocycles. The summed E-state index contributed by atoms with van der Waals surface area (Å²) >= 11 is 1.57. The Balaban J connectivity index is 2.11. The van der Waals surface area contributed by atoms with Crippen molar-refractivity contribution in [3.63, 3.8) is 0 Å². The third-order valence-electron chi connectivity index (χ3n) is 3.14. The van der Waals surface area contributed by atoms with Crippen molar-refractivity contribution in [3.8, 4) is 0 Å². The predicted molar refractivity (Wildman–Crippen MR) is 80.0 cm³/mol. The molecule has 0 aromatic heterocycles. The standard InChI is InChI=1S/C15H17NO2S/c1-3-8-19-10-15(18)16-7-6-13-9-12(11(2)17)4-5-14(13)16/h3-5,9H,1,6-8,10H2,2H3. The number of hydrogen-bond donors (Lipinski definition) is 0. The van der Waals surface area contributed by atoms with Crippen LogP contribution < -0.4 is 4.90 Å². The number of fused-ring (bicyclic) bond motifs is 1. The van der Waals surface area contributed by atoms with Crippen LogP contribution in [-0.2, 0) is 11.2 Å². The van der Waals surface area contributed by atoms with Crippen LogP contribution in [0.5, 0.6) is 0 Å². The topological polar surface area (TPSA) is 37.4 Å². The Morgan fingerprint density at radius 1 is 1.47 bits per heavy atom. The maximum Gasteiger partial charge on any atom is 0.237 e. The summed E-state index contributed by atoms with van der Waals surface area (Å²) in [5.74, 6) is 1.45. The fourth-order valence-corrected chi connectivity index (χ4v) is 2.80. The van der Waals surface area contributed by atoms with Gasteiger partial charge in [0.25, 0.3) is 0 Å². The first kappa shape index (κ1) is 13.9. The van der Waals surface area contributed by atoms with Gasteiger partial charge in [0.1, 0.15) is 0 Å². The van der Waals surface area contributed by atoms with E-state index in [0.29, 0.717) is 17.9 Å². The van der Waals surface area contributed by atoms with Gasteiger partial charge in [-0.1, -0.05) is 6.08 Å². The van der Waals surface area contributed by atoms with Crippen LogP contribution in [-0.4, -0.2) is 29.7 Å². The molecule has 0 fully saturated rings. The van der Waals surface area contributed by atoms with Gasteiger partial charge in [0.15, 0.2) is 5.78 Å². The van der Waals surface area contributed by atoms with E-state index >= 15 is 0 Å². The van der Waals surface area contributed by atoms with Crippen LogP contribution in [0, 0.1) is 0 Å². The molecule has 0 aliphatic carbocycles. The molecule has 2 rings (SSSR count). The summed E-state index contributed by atoms with van der Waals surface area (Å²) in [5.41, 5.74) is 2.76. The zero-order valence-corrected chi connectivity index (χ0v) is 11.8. The Hall–Kier alpha value is -1.55. The smallest absolute Gasteiger partial charge is 0.237 e. The lowest BCUT2D eigenvalue weighted by atomic mass is 10.1. The molecule has 0 saturated heterocycles. The Kier molecular flexibility index (Phi) is 4.43. The number of hydrogen-bond acceptors (Lipinski definition) is 3. The minimum atomic E-state index is 0.0640. The molecular formula is C15H17NO2S. The summed E-state index contributed by atoms with van der Waals surface area (Å²) in [6.45, 7) is 5.91. The normalized spacial score (nSPS) is 13.2. The highest BCUT2D eigenvalue weighted by molar-refractivity contribution is 8.00. The Morgan fingerprint density at radius 3 is 2.95 bits per heavy atom. The number of rotatable bonds is 5. The minimum absolute atomic E-state index is 0.0640. The second-order valence-electron chi connectivity index (χ2n) is 4.50.